The van der Waals surface area contributed by atoms with Crippen molar-refractivity contribution in [2.24, 2.45) is 5.92 Å². The van der Waals surface area contributed by atoms with Crippen LogP contribution >= 0.6 is 11.6 Å². The summed E-state index contributed by atoms with van der Waals surface area (Å²) in [4.78, 5) is 6.89. The number of hydrogen-bond donors (Lipinski definition) is 1. The predicted octanol–water partition coefficient (Wildman–Crippen LogP) is 3.47. The highest BCUT2D eigenvalue weighted by atomic mass is 35.5. The third-order valence-corrected chi connectivity index (χ3v) is 4.08. The molecule has 0 aliphatic carbocycles. The Morgan fingerprint density at radius 1 is 1.47 bits per heavy atom. The van der Waals surface area contributed by atoms with Crippen molar-refractivity contribution < 1.29 is 0 Å². The number of aromatic nitrogens is 1. The van der Waals surface area contributed by atoms with Crippen LogP contribution in [0.15, 0.2) is 12.3 Å². The smallest absolute Gasteiger partial charge is 0.129 e. The van der Waals surface area contributed by atoms with Crippen LogP contribution in [0.3, 0.4) is 0 Å². The van der Waals surface area contributed by atoms with Gasteiger partial charge in [0.15, 0.2) is 0 Å². The Labute approximate surface area is 121 Å². The van der Waals surface area contributed by atoms with Gasteiger partial charge in [-0.3, -0.25) is 0 Å². The Balaban J connectivity index is 2.11. The normalized spacial score (nSPS) is 23.1. The highest BCUT2D eigenvalue weighted by Crippen LogP contribution is 2.29. The van der Waals surface area contributed by atoms with Crippen molar-refractivity contribution in [3.8, 4) is 0 Å². The monoisotopic (exact) mass is 281 g/mol. The van der Waals surface area contributed by atoms with E-state index >= 15 is 0 Å². The van der Waals surface area contributed by atoms with Gasteiger partial charge in [0, 0.05) is 25.3 Å². The molecule has 0 aromatic carbocycles. The minimum absolute atomic E-state index is 0.570. The number of rotatable bonds is 5. The molecule has 1 aliphatic rings. The molecule has 2 heterocycles. The zero-order valence-corrected chi connectivity index (χ0v) is 12.9. The van der Waals surface area contributed by atoms with Gasteiger partial charge in [-0.15, -0.1) is 0 Å². The van der Waals surface area contributed by atoms with Crippen LogP contribution in [0.1, 0.15) is 39.2 Å². The quantitative estimate of drug-likeness (QED) is 0.838. The number of nitrogens with one attached hydrogen (secondary N) is 1. The Bertz CT molecular complexity index is 422. The van der Waals surface area contributed by atoms with Crippen molar-refractivity contribution in [2.75, 3.05) is 18.0 Å². The fourth-order valence-corrected chi connectivity index (χ4v) is 2.95. The van der Waals surface area contributed by atoms with Crippen LogP contribution in [0.2, 0.25) is 5.02 Å². The number of anilines is 1. The molecule has 1 aliphatic heterocycles. The molecule has 3 nitrogen and oxygen atoms in total. The summed E-state index contributed by atoms with van der Waals surface area (Å²) in [5.41, 5.74) is 1.15. The second-order valence-electron chi connectivity index (χ2n) is 5.65. The molecular weight excluding hydrogens is 258 g/mol. The molecule has 2 rings (SSSR count). The number of halogens is 1. The lowest BCUT2D eigenvalue weighted by Gasteiger charge is -2.23. The molecule has 1 aromatic rings. The SMILES string of the molecule is CCCNCc1cc(N2CC(C)CC2C)ncc1Cl. The zero-order valence-electron chi connectivity index (χ0n) is 12.1. The zero-order chi connectivity index (χ0) is 13.8. The highest BCUT2D eigenvalue weighted by Gasteiger charge is 2.27. The van der Waals surface area contributed by atoms with E-state index in [1.165, 1.54) is 6.42 Å². The van der Waals surface area contributed by atoms with Crippen LogP contribution in [0.4, 0.5) is 5.82 Å². The third-order valence-electron chi connectivity index (χ3n) is 3.74. The average Bonchev–Trinajstić information content (AvgIpc) is 2.71. The maximum atomic E-state index is 6.23. The molecule has 4 heteroatoms. The first-order valence-corrected chi connectivity index (χ1v) is 7.61. The summed E-state index contributed by atoms with van der Waals surface area (Å²) >= 11 is 6.23. The number of pyridine rings is 1. The van der Waals surface area contributed by atoms with Crippen molar-refractivity contribution in [3.63, 3.8) is 0 Å². The van der Waals surface area contributed by atoms with Crippen LogP contribution in [-0.2, 0) is 6.54 Å². The first-order valence-electron chi connectivity index (χ1n) is 7.23. The summed E-state index contributed by atoms with van der Waals surface area (Å²) in [6, 6.07) is 2.71. The summed E-state index contributed by atoms with van der Waals surface area (Å²) in [6.45, 7) is 9.67. The molecule has 0 spiro atoms. The van der Waals surface area contributed by atoms with Gasteiger partial charge < -0.3 is 10.2 Å². The maximum absolute atomic E-state index is 6.23. The molecule has 1 saturated heterocycles. The lowest BCUT2D eigenvalue weighted by Crippen LogP contribution is -2.27. The molecule has 0 amide bonds. The van der Waals surface area contributed by atoms with Gasteiger partial charge in [-0.2, -0.15) is 0 Å². The molecule has 1 fully saturated rings. The third kappa shape index (κ3) is 3.61. The van der Waals surface area contributed by atoms with E-state index in [1.54, 1.807) is 6.20 Å². The topological polar surface area (TPSA) is 28.2 Å². The van der Waals surface area contributed by atoms with E-state index in [-0.39, 0.29) is 0 Å². The molecular formula is C15H24ClN3. The van der Waals surface area contributed by atoms with E-state index in [0.29, 0.717) is 6.04 Å². The van der Waals surface area contributed by atoms with E-state index in [1.807, 2.05) is 0 Å². The van der Waals surface area contributed by atoms with Crippen LogP contribution < -0.4 is 10.2 Å². The summed E-state index contributed by atoms with van der Waals surface area (Å²) in [7, 11) is 0. The molecule has 2 unspecified atom stereocenters. The minimum Gasteiger partial charge on any atom is -0.354 e. The Morgan fingerprint density at radius 2 is 2.26 bits per heavy atom. The summed E-state index contributed by atoms with van der Waals surface area (Å²) < 4.78 is 0. The maximum Gasteiger partial charge on any atom is 0.129 e. The lowest BCUT2D eigenvalue weighted by atomic mass is 10.1. The van der Waals surface area contributed by atoms with Gasteiger partial charge in [0.1, 0.15) is 5.82 Å². The first kappa shape index (κ1) is 14.6. The fourth-order valence-electron chi connectivity index (χ4n) is 2.78. The molecule has 0 saturated carbocycles. The molecule has 1 N–H and O–H groups in total. The van der Waals surface area contributed by atoms with Crippen LogP contribution in [0.25, 0.3) is 0 Å². The van der Waals surface area contributed by atoms with Crippen molar-refractivity contribution in [1.82, 2.24) is 10.3 Å². The number of hydrogen-bond acceptors (Lipinski definition) is 3. The van der Waals surface area contributed by atoms with Crippen molar-refractivity contribution in [2.45, 2.75) is 46.2 Å². The molecule has 0 bridgehead atoms. The van der Waals surface area contributed by atoms with Gasteiger partial charge >= 0.3 is 0 Å². The Kier molecular flexibility index (Phi) is 5.06. The van der Waals surface area contributed by atoms with E-state index in [4.69, 9.17) is 11.6 Å². The number of nitrogens with zero attached hydrogens (tertiary/aromatic N) is 2. The van der Waals surface area contributed by atoms with Gasteiger partial charge in [-0.25, -0.2) is 4.98 Å². The molecule has 2 atom stereocenters. The largest absolute Gasteiger partial charge is 0.354 e. The van der Waals surface area contributed by atoms with E-state index < -0.39 is 0 Å². The standard InChI is InChI=1S/C15H24ClN3/c1-4-5-17-8-13-7-15(18-9-14(13)16)19-10-11(2)6-12(19)3/h7,9,11-12,17H,4-6,8,10H2,1-3H3. The fraction of sp³-hybridized carbons (Fsp3) is 0.667. The minimum atomic E-state index is 0.570. The van der Waals surface area contributed by atoms with E-state index in [2.05, 4.69) is 42.0 Å². The van der Waals surface area contributed by atoms with Gasteiger partial charge in [-0.1, -0.05) is 25.4 Å². The van der Waals surface area contributed by atoms with E-state index in [0.717, 1.165) is 48.4 Å². The molecule has 0 radical (unpaired) electrons. The van der Waals surface area contributed by atoms with Crippen LogP contribution in [0.5, 0.6) is 0 Å². The van der Waals surface area contributed by atoms with Gasteiger partial charge in [0.2, 0.25) is 0 Å². The Morgan fingerprint density at radius 3 is 2.89 bits per heavy atom. The van der Waals surface area contributed by atoms with Crippen molar-refractivity contribution in [1.29, 1.82) is 0 Å². The summed E-state index contributed by atoms with van der Waals surface area (Å²) in [5.74, 6) is 1.81. The molecule has 106 valence electrons. The second kappa shape index (κ2) is 6.58. The van der Waals surface area contributed by atoms with Crippen molar-refractivity contribution >= 4 is 17.4 Å². The van der Waals surface area contributed by atoms with Gasteiger partial charge in [-0.05, 0) is 43.9 Å². The molecule has 19 heavy (non-hydrogen) atoms. The Hall–Kier alpha value is -0.800. The highest BCUT2D eigenvalue weighted by molar-refractivity contribution is 6.31. The average molecular weight is 282 g/mol. The van der Waals surface area contributed by atoms with Crippen LogP contribution in [0, 0.1) is 5.92 Å². The van der Waals surface area contributed by atoms with Crippen molar-refractivity contribution in [3.05, 3.63) is 22.8 Å². The van der Waals surface area contributed by atoms with Gasteiger partial charge in [0.05, 0.1) is 5.02 Å². The van der Waals surface area contributed by atoms with E-state index in [9.17, 15) is 0 Å². The molecule has 1 aromatic heterocycles. The predicted molar refractivity (Wildman–Crippen MR) is 81.8 cm³/mol. The first-order chi connectivity index (χ1) is 9.11. The van der Waals surface area contributed by atoms with Crippen LogP contribution in [-0.4, -0.2) is 24.1 Å². The summed E-state index contributed by atoms with van der Waals surface area (Å²) in [5, 5.41) is 4.16. The lowest BCUT2D eigenvalue weighted by molar-refractivity contribution is 0.625. The van der Waals surface area contributed by atoms with Gasteiger partial charge in [0.25, 0.3) is 0 Å². The second-order valence-corrected chi connectivity index (χ2v) is 6.06. The summed E-state index contributed by atoms with van der Waals surface area (Å²) in [6.07, 6.45) is 4.17.